The molecule has 2 rings (SSSR count). The normalized spacial score (nSPS) is 11.8. The van der Waals surface area contributed by atoms with Crippen molar-refractivity contribution in [3.63, 3.8) is 0 Å². The second-order valence-corrected chi connectivity index (χ2v) is 6.07. The lowest BCUT2D eigenvalue weighted by atomic mass is 10.3. The molecule has 7 nitrogen and oxygen atoms in total. The van der Waals surface area contributed by atoms with Crippen molar-refractivity contribution in [3.05, 3.63) is 29.5 Å². The molecule has 0 aliphatic rings. The summed E-state index contributed by atoms with van der Waals surface area (Å²) in [6.07, 6.45) is 1.63. The van der Waals surface area contributed by atoms with E-state index in [1.54, 1.807) is 24.4 Å². The number of pyridine rings is 1. The SMILES string of the molecule is O=C(O)CCCNS(=O)(=O)c1c(Cl)nc2ccccn12. The molecule has 0 unspecified atom stereocenters. The number of carboxylic acid groups (broad SMARTS) is 1. The van der Waals surface area contributed by atoms with E-state index >= 15 is 0 Å². The van der Waals surface area contributed by atoms with Gasteiger partial charge in [-0.25, -0.2) is 18.1 Å². The first-order valence-electron chi connectivity index (χ1n) is 5.76. The van der Waals surface area contributed by atoms with Gasteiger partial charge in [-0.2, -0.15) is 0 Å². The first-order chi connectivity index (χ1) is 9.42. The molecule has 2 N–H and O–H groups in total. The van der Waals surface area contributed by atoms with E-state index in [2.05, 4.69) is 9.71 Å². The summed E-state index contributed by atoms with van der Waals surface area (Å²) in [5, 5.41) is 8.23. The third-order valence-electron chi connectivity index (χ3n) is 2.56. The summed E-state index contributed by atoms with van der Waals surface area (Å²) < 4.78 is 28.0. The van der Waals surface area contributed by atoms with Gasteiger partial charge in [0.1, 0.15) is 5.65 Å². The van der Waals surface area contributed by atoms with Crippen LogP contribution in [0.25, 0.3) is 5.65 Å². The number of rotatable bonds is 6. The fourth-order valence-corrected chi connectivity index (χ4v) is 3.41. The molecule has 2 aromatic heterocycles. The van der Waals surface area contributed by atoms with E-state index in [1.165, 1.54) is 4.40 Å². The predicted molar refractivity (Wildman–Crippen MR) is 72.3 cm³/mol. The number of hydrogen-bond acceptors (Lipinski definition) is 4. The molecule has 2 heterocycles. The summed E-state index contributed by atoms with van der Waals surface area (Å²) in [5.41, 5.74) is 0.420. The van der Waals surface area contributed by atoms with Crippen molar-refractivity contribution >= 4 is 33.2 Å². The minimum Gasteiger partial charge on any atom is -0.481 e. The minimum absolute atomic E-state index is 0.0189. The number of nitrogens with one attached hydrogen (secondary N) is 1. The van der Waals surface area contributed by atoms with Gasteiger partial charge in [-0.1, -0.05) is 17.7 Å². The van der Waals surface area contributed by atoms with Gasteiger partial charge in [0.25, 0.3) is 10.0 Å². The zero-order chi connectivity index (χ0) is 14.8. The number of aromatic nitrogens is 2. The minimum atomic E-state index is -3.85. The Kier molecular flexibility index (Phi) is 4.26. The fourth-order valence-electron chi connectivity index (χ4n) is 1.70. The van der Waals surface area contributed by atoms with E-state index in [0.29, 0.717) is 5.65 Å². The Morgan fingerprint density at radius 2 is 2.20 bits per heavy atom. The van der Waals surface area contributed by atoms with Crippen molar-refractivity contribution in [3.8, 4) is 0 Å². The molecule has 0 aliphatic heterocycles. The van der Waals surface area contributed by atoms with Crippen LogP contribution in [-0.2, 0) is 14.8 Å². The zero-order valence-corrected chi connectivity index (χ0v) is 11.9. The molecule has 0 spiro atoms. The zero-order valence-electron chi connectivity index (χ0n) is 10.3. The monoisotopic (exact) mass is 317 g/mol. The quantitative estimate of drug-likeness (QED) is 0.778. The molecule has 20 heavy (non-hydrogen) atoms. The summed E-state index contributed by atoms with van der Waals surface area (Å²) >= 11 is 5.87. The van der Waals surface area contributed by atoms with Crippen LogP contribution in [0.3, 0.4) is 0 Å². The molecule has 0 saturated carbocycles. The lowest BCUT2D eigenvalue weighted by Crippen LogP contribution is -2.26. The summed E-state index contributed by atoms with van der Waals surface area (Å²) in [7, 11) is -3.85. The van der Waals surface area contributed by atoms with Crippen molar-refractivity contribution in [2.24, 2.45) is 0 Å². The van der Waals surface area contributed by atoms with Gasteiger partial charge in [-0.05, 0) is 18.6 Å². The molecule has 0 saturated heterocycles. The van der Waals surface area contributed by atoms with Gasteiger partial charge in [-0.15, -0.1) is 0 Å². The third kappa shape index (κ3) is 3.09. The van der Waals surface area contributed by atoms with Crippen LogP contribution in [0.4, 0.5) is 0 Å². The van der Waals surface area contributed by atoms with Crippen LogP contribution in [0.1, 0.15) is 12.8 Å². The molecule has 0 amide bonds. The Bertz CT molecular complexity index is 741. The number of carboxylic acids is 1. The largest absolute Gasteiger partial charge is 0.481 e. The molecule has 0 fully saturated rings. The maximum Gasteiger partial charge on any atom is 0.303 e. The molecule has 9 heteroatoms. The van der Waals surface area contributed by atoms with Gasteiger partial charge < -0.3 is 5.11 Å². The Morgan fingerprint density at radius 3 is 2.90 bits per heavy atom. The highest BCUT2D eigenvalue weighted by molar-refractivity contribution is 7.89. The molecular formula is C11H12ClN3O4S. The van der Waals surface area contributed by atoms with Crippen LogP contribution in [-0.4, -0.2) is 35.4 Å². The molecule has 0 aromatic carbocycles. The van der Waals surface area contributed by atoms with Gasteiger partial charge in [-0.3, -0.25) is 9.20 Å². The van der Waals surface area contributed by atoms with Crippen molar-refractivity contribution in [2.75, 3.05) is 6.54 Å². The van der Waals surface area contributed by atoms with Crippen LogP contribution < -0.4 is 4.72 Å². The van der Waals surface area contributed by atoms with E-state index in [-0.39, 0.29) is 29.6 Å². The number of nitrogens with zero attached hydrogens (tertiary/aromatic N) is 2. The van der Waals surface area contributed by atoms with E-state index in [4.69, 9.17) is 16.7 Å². The standard InChI is InChI=1S/C11H12ClN3O4S/c12-10-11(15-7-2-1-4-8(15)14-10)20(18,19)13-6-3-5-9(16)17/h1-2,4,7,13H,3,5-6H2,(H,16,17). The van der Waals surface area contributed by atoms with E-state index < -0.39 is 16.0 Å². The summed E-state index contributed by atoms with van der Waals surface area (Å²) in [4.78, 5) is 14.3. The first kappa shape index (κ1) is 14.8. The van der Waals surface area contributed by atoms with E-state index in [0.717, 1.165) is 0 Å². The first-order valence-corrected chi connectivity index (χ1v) is 7.62. The average molecular weight is 318 g/mol. The maximum absolute atomic E-state index is 12.2. The molecule has 0 atom stereocenters. The molecule has 0 aliphatic carbocycles. The van der Waals surface area contributed by atoms with Gasteiger partial charge >= 0.3 is 5.97 Å². The lowest BCUT2D eigenvalue weighted by molar-refractivity contribution is -0.137. The molecule has 0 radical (unpaired) electrons. The number of fused-ring (bicyclic) bond motifs is 1. The maximum atomic E-state index is 12.2. The van der Waals surface area contributed by atoms with Gasteiger partial charge in [0.15, 0.2) is 10.2 Å². The van der Waals surface area contributed by atoms with Crippen molar-refractivity contribution in [1.82, 2.24) is 14.1 Å². The fraction of sp³-hybridized carbons (Fsp3) is 0.273. The highest BCUT2D eigenvalue weighted by Crippen LogP contribution is 2.22. The summed E-state index contributed by atoms with van der Waals surface area (Å²) in [6.45, 7) is 0.0189. The molecule has 0 bridgehead atoms. The Morgan fingerprint density at radius 1 is 1.45 bits per heavy atom. The molecular weight excluding hydrogens is 306 g/mol. The molecule has 108 valence electrons. The highest BCUT2D eigenvalue weighted by atomic mass is 35.5. The number of aliphatic carboxylic acids is 1. The number of halogens is 1. The van der Waals surface area contributed by atoms with Crippen molar-refractivity contribution < 1.29 is 18.3 Å². The van der Waals surface area contributed by atoms with E-state index in [1.807, 2.05) is 0 Å². The Labute approximate surface area is 120 Å². The number of sulfonamides is 1. The number of imidazole rings is 1. The van der Waals surface area contributed by atoms with Gasteiger partial charge in [0, 0.05) is 19.2 Å². The van der Waals surface area contributed by atoms with Crippen molar-refractivity contribution in [1.29, 1.82) is 0 Å². The topological polar surface area (TPSA) is 101 Å². The van der Waals surface area contributed by atoms with Crippen LogP contribution >= 0.6 is 11.6 Å². The van der Waals surface area contributed by atoms with Gasteiger partial charge in [0.05, 0.1) is 0 Å². The summed E-state index contributed by atoms with van der Waals surface area (Å²) in [5.74, 6) is -0.975. The average Bonchev–Trinajstić information content (AvgIpc) is 2.71. The number of hydrogen-bond donors (Lipinski definition) is 2. The molecule has 2 aromatic rings. The lowest BCUT2D eigenvalue weighted by Gasteiger charge is -2.06. The van der Waals surface area contributed by atoms with Crippen LogP contribution in [0, 0.1) is 0 Å². The predicted octanol–water partition coefficient (Wildman–Crippen LogP) is 1.13. The smallest absolute Gasteiger partial charge is 0.303 e. The van der Waals surface area contributed by atoms with Crippen molar-refractivity contribution in [2.45, 2.75) is 17.9 Å². The number of carbonyl (C=O) groups is 1. The van der Waals surface area contributed by atoms with Crippen LogP contribution in [0.15, 0.2) is 29.4 Å². The Hall–Kier alpha value is -1.64. The highest BCUT2D eigenvalue weighted by Gasteiger charge is 2.23. The van der Waals surface area contributed by atoms with Crippen LogP contribution in [0.2, 0.25) is 5.15 Å². The second kappa shape index (κ2) is 5.78. The van der Waals surface area contributed by atoms with E-state index in [9.17, 15) is 13.2 Å². The Balaban J connectivity index is 2.23. The second-order valence-electron chi connectivity index (χ2n) is 4.03. The van der Waals surface area contributed by atoms with Gasteiger partial charge in [0.2, 0.25) is 0 Å². The summed E-state index contributed by atoms with van der Waals surface area (Å²) in [6, 6.07) is 5.01. The third-order valence-corrected chi connectivity index (χ3v) is 4.42. The van der Waals surface area contributed by atoms with Crippen LogP contribution in [0.5, 0.6) is 0 Å².